The van der Waals surface area contributed by atoms with Crippen molar-refractivity contribution < 1.29 is 14.4 Å². The molecule has 1 aliphatic rings. The van der Waals surface area contributed by atoms with Crippen molar-refractivity contribution in [1.82, 2.24) is 9.80 Å². The summed E-state index contributed by atoms with van der Waals surface area (Å²) < 4.78 is 0. The Morgan fingerprint density at radius 3 is 2.64 bits per heavy atom. The van der Waals surface area contributed by atoms with Gasteiger partial charge in [-0.1, -0.05) is 12.1 Å². The lowest BCUT2D eigenvalue weighted by Gasteiger charge is -2.33. The van der Waals surface area contributed by atoms with Gasteiger partial charge >= 0.3 is 6.03 Å². The summed E-state index contributed by atoms with van der Waals surface area (Å²) >= 11 is 0. The number of aryl methyl sites for hydroxylation is 1. The molecule has 1 aromatic rings. The van der Waals surface area contributed by atoms with E-state index in [2.05, 4.69) is 5.32 Å². The van der Waals surface area contributed by atoms with Crippen molar-refractivity contribution in [2.24, 2.45) is 5.73 Å². The molecule has 0 aliphatic carbocycles. The van der Waals surface area contributed by atoms with Gasteiger partial charge in [0.1, 0.15) is 6.54 Å². The van der Waals surface area contributed by atoms with Gasteiger partial charge in [0.05, 0.1) is 6.54 Å². The van der Waals surface area contributed by atoms with Crippen molar-refractivity contribution in [1.29, 1.82) is 0 Å². The Labute approximate surface area is 129 Å². The Hall–Kier alpha value is -2.57. The Kier molecular flexibility index (Phi) is 4.65. The van der Waals surface area contributed by atoms with E-state index < -0.39 is 5.91 Å². The number of urea groups is 1. The van der Waals surface area contributed by atoms with Gasteiger partial charge in [-0.2, -0.15) is 0 Å². The van der Waals surface area contributed by atoms with E-state index in [0.717, 1.165) is 16.8 Å². The molecule has 4 amide bonds. The summed E-state index contributed by atoms with van der Waals surface area (Å²) in [5, 5.41) is 2.82. The number of piperazine rings is 1. The van der Waals surface area contributed by atoms with Crippen LogP contribution < -0.4 is 11.1 Å². The van der Waals surface area contributed by atoms with E-state index in [1.165, 1.54) is 9.80 Å². The van der Waals surface area contributed by atoms with E-state index >= 15 is 0 Å². The third kappa shape index (κ3) is 3.55. The number of anilines is 1. The maximum Gasteiger partial charge on any atom is 0.322 e. The zero-order valence-corrected chi connectivity index (χ0v) is 12.8. The fraction of sp³-hybridized carbons (Fsp3) is 0.400. The van der Waals surface area contributed by atoms with E-state index in [9.17, 15) is 14.4 Å². The lowest BCUT2D eigenvalue weighted by atomic mass is 10.1. The van der Waals surface area contributed by atoms with Crippen molar-refractivity contribution in [3.05, 3.63) is 29.3 Å². The first-order valence-electron chi connectivity index (χ1n) is 7.06. The molecule has 0 bridgehead atoms. The van der Waals surface area contributed by atoms with E-state index in [4.69, 9.17) is 5.73 Å². The molecule has 1 aliphatic heterocycles. The smallest absolute Gasteiger partial charge is 0.322 e. The average molecular weight is 304 g/mol. The van der Waals surface area contributed by atoms with Crippen LogP contribution in [-0.4, -0.2) is 53.8 Å². The molecule has 1 aromatic carbocycles. The number of primary amides is 1. The van der Waals surface area contributed by atoms with Crippen molar-refractivity contribution in [3.8, 4) is 0 Å². The zero-order valence-electron chi connectivity index (χ0n) is 12.8. The number of nitrogens with zero attached hydrogens (tertiary/aromatic N) is 2. The van der Waals surface area contributed by atoms with Crippen LogP contribution in [0.15, 0.2) is 18.2 Å². The first kappa shape index (κ1) is 15.8. The summed E-state index contributed by atoms with van der Waals surface area (Å²) in [4.78, 5) is 37.8. The minimum atomic E-state index is -0.554. The molecule has 0 radical (unpaired) electrons. The largest absolute Gasteiger partial charge is 0.368 e. The molecule has 1 heterocycles. The number of amides is 4. The second kappa shape index (κ2) is 6.46. The van der Waals surface area contributed by atoms with Crippen LogP contribution in [0.2, 0.25) is 0 Å². The number of hydrogen-bond acceptors (Lipinski definition) is 3. The minimum Gasteiger partial charge on any atom is -0.368 e. The van der Waals surface area contributed by atoms with Crippen LogP contribution in [0.5, 0.6) is 0 Å². The third-order valence-electron chi connectivity index (χ3n) is 3.80. The summed E-state index contributed by atoms with van der Waals surface area (Å²) in [6.07, 6.45) is 0. The number of nitrogens with two attached hydrogens (primary N) is 1. The molecule has 0 aromatic heterocycles. The predicted octanol–water partition coefficient (Wildman–Crippen LogP) is 0.465. The number of nitrogens with one attached hydrogen (secondary N) is 1. The molecule has 1 saturated heterocycles. The summed E-state index contributed by atoms with van der Waals surface area (Å²) in [6, 6.07) is 5.34. The Morgan fingerprint density at radius 2 is 2.00 bits per heavy atom. The molecule has 3 N–H and O–H groups in total. The molecular formula is C15H20N4O3. The van der Waals surface area contributed by atoms with Crippen LogP contribution >= 0.6 is 0 Å². The molecule has 7 heteroatoms. The van der Waals surface area contributed by atoms with Gasteiger partial charge in [0.15, 0.2) is 0 Å². The van der Waals surface area contributed by atoms with Crippen LogP contribution in [-0.2, 0) is 9.59 Å². The number of carbonyl (C=O) groups is 3. The van der Waals surface area contributed by atoms with E-state index in [0.29, 0.717) is 13.1 Å². The van der Waals surface area contributed by atoms with Gasteiger partial charge in [-0.05, 0) is 31.0 Å². The Bertz CT molecular complexity index is 615. The normalized spacial score (nSPS) is 14.9. The van der Waals surface area contributed by atoms with Crippen molar-refractivity contribution in [3.63, 3.8) is 0 Å². The molecule has 0 saturated carbocycles. The summed E-state index contributed by atoms with van der Waals surface area (Å²) in [5.41, 5.74) is 7.90. The maximum atomic E-state index is 12.3. The lowest BCUT2D eigenvalue weighted by Crippen LogP contribution is -2.54. The number of rotatable bonds is 3. The summed E-state index contributed by atoms with van der Waals surface area (Å²) in [6.45, 7) is 4.42. The molecule has 0 unspecified atom stereocenters. The van der Waals surface area contributed by atoms with Crippen LogP contribution in [0, 0.1) is 13.8 Å². The van der Waals surface area contributed by atoms with Crippen molar-refractivity contribution in [2.45, 2.75) is 13.8 Å². The van der Waals surface area contributed by atoms with Gasteiger partial charge in [0, 0.05) is 18.8 Å². The van der Waals surface area contributed by atoms with Gasteiger partial charge in [0.2, 0.25) is 11.8 Å². The number of benzene rings is 1. The SMILES string of the molecule is Cc1cccc(NC(=O)N2CCN(CC(N)=O)C(=O)C2)c1C. The van der Waals surface area contributed by atoms with Gasteiger partial charge in [-0.25, -0.2) is 4.79 Å². The Balaban J connectivity index is 1.99. The van der Waals surface area contributed by atoms with E-state index in [1.54, 1.807) is 0 Å². The summed E-state index contributed by atoms with van der Waals surface area (Å²) in [5.74, 6) is -0.831. The predicted molar refractivity (Wildman–Crippen MR) is 82.3 cm³/mol. The second-order valence-corrected chi connectivity index (χ2v) is 5.38. The standard InChI is InChI=1S/C15H20N4O3/c1-10-4-3-5-12(11(10)2)17-15(22)19-7-6-18(8-13(16)20)14(21)9-19/h3-5H,6-9H2,1-2H3,(H2,16,20)(H,17,22). The van der Waals surface area contributed by atoms with E-state index in [1.807, 2.05) is 32.0 Å². The van der Waals surface area contributed by atoms with Crippen molar-refractivity contribution >= 4 is 23.5 Å². The molecule has 7 nitrogen and oxygen atoms in total. The fourth-order valence-corrected chi connectivity index (χ4v) is 2.32. The topological polar surface area (TPSA) is 95.7 Å². The van der Waals surface area contributed by atoms with Crippen LogP contribution in [0.1, 0.15) is 11.1 Å². The highest BCUT2D eigenvalue weighted by Gasteiger charge is 2.28. The van der Waals surface area contributed by atoms with Crippen LogP contribution in [0.3, 0.4) is 0 Å². The highest BCUT2D eigenvalue weighted by Crippen LogP contribution is 2.18. The van der Waals surface area contributed by atoms with Crippen LogP contribution in [0.25, 0.3) is 0 Å². The van der Waals surface area contributed by atoms with Crippen LogP contribution in [0.4, 0.5) is 10.5 Å². The molecule has 118 valence electrons. The molecule has 0 atom stereocenters. The average Bonchev–Trinajstić information content (AvgIpc) is 2.45. The second-order valence-electron chi connectivity index (χ2n) is 5.38. The summed E-state index contributed by atoms with van der Waals surface area (Å²) in [7, 11) is 0. The molecule has 1 fully saturated rings. The highest BCUT2D eigenvalue weighted by molar-refractivity contribution is 5.94. The first-order valence-corrected chi connectivity index (χ1v) is 7.06. The minimum absolute atomic E-state index is 0.0516. The first-order chi connectivity index (χ1) is 10.4. The van der Waals surface area contributed by atoms with E-state index in [-0.39, 0.29) is 25.0 Å². The Morgan fingerprint density at radius 1 is 1.27 bits per heavy atom. The van der Waals surface area contributed by atoms with Gasteiger partial charge in [-0.3, -0.25) is 9.59 Å². The van der Waals surface area contributed by atoms with Gasteiger partial charge < -0.3 is 20.9 Å². The van der Waals surface area contributed by atoms with Gasteiger partial charge in [0.25, 0.3) is 0 Å². The fourth-order valence-electron chi connectivity index (χ4n) is 2.32. The lowest BCUT2D eigenvalue weighted by molar-refractivity contribution is -0.138. The van der Waals surface area contributed by atoms with Gasteiger partial charge in [-0.15, -0.1) is 0 Å². The third-order valence-corrected chi connectivity index (χ3v) is 3.80. The number of hydrogen-bond donors (Lipinski definition) is 2. The van der Waals surface area contributed by atoms with Crippen molar-refractivity contribution in [2.75, 3.05) is 31.5 Å². The quantitative estimate of drug-likeness (QED) is 0.849. The monoisotopic (exact) mass is 304 g/mol. The zero-order chi connectivity index (χ0) is 16.3. The maximum absolute atomic E-state index is 12.3. The molecular weight excluding hydrogens is 284 g/mol. The molecule has 22 heavy (non-hydrogen) atoms. The highest BCUT2D eigenvalue weighted by atomic mass is 16.2. The number of carbonyl (C=O) groups excluding carboxylic acids is 3. The molecule has 0 spiro atoms. The molecule has 2 rings (SSSR count).